The van der Waals surface area contributed by atoms with Crippen LogP contribution in [0.1, 0.15) is 23.5 Å². The van der Waals surface area contributed by atoms with Crippen molar-refractivity contribution in [2.45, 2.75) is 13.0 Å². The summed E-state index contributed by atoms with van der Waals surface area (Å²) in [4.78, 5) is 18.8. The summed E-state index contributed by atoms with van der Waals surface area (Å²) in [6.45, 7) is 2.00. The molecule has 0 fully saturated rings. The molecule has 24 heavy (non-hydrogen) atoms. The van der Waals surface area contributed by atoms with Gasteiger partial charge in [0.05, 0.1) is 16.3 Å². The summed E-state index contributed by atoms with van der Waals surface area (Å²) in [7, 11) is 1.81. The molecule has 0 spiro atoms. The number of benzene rings is 2. The monoisotopic (exact) mass is 400 g/mol. The van der Waals surface area contributed by atoms with Gasteiger partial charge in [-0.15, -0.1) is 11.3 Å². The Balaban J connectivity index is 1.74. The van der Waals surface area contributed by atoms with Crippen LogP contribution >= 0.6 is 27.3 Å². The van der Waals surface area contributed by atoms with E-state index in [1.54, 1.807) is 22.3 Å². The highest BCUT2D eigenvalue weighted by molar-refractivity contribution is 9.10. The van der Waals surface area contributed by atoms with E-state index in [1.807, 2.05) is 62.5 Å². The lowest BCUT2D eigenvalue weighted by Gasteiger charge is -2.21. The van der Waals surface area contributed by atoms with Crippen molar-refractivity contribution in [3.8, 4) is 0 Å². The molecule has 1 atom stereocenters. The van der Waals surface area contributed by atoms with Crippen LogP contribution < -0.4 is 0 Å². The Labute approximate surface area is 153 Å². The third kappa shape index (κ3) is 3.74. The molecule has 0 aliphatic carbocycles. The van der Waals surface area contributed by atoms with Gasteiger partial charge in [0.25, 0.3) is 0 Å². The number of thiazole rings is 1. The minimum Gasteiger partial charge on any atom is -0.333 e. The molecule has 1 heterocycles. The fraction of sp³-hybridized carbons (Fsp3) is 0.158. The zero-order chi connectivity index (χ0) is 17.1. The Bertz CT molecular complexity index is 870. The minimum atomic E-state index is -0.0675. The SMILES string of the molecule is C[C@H](c1nc2ccccc2s1)N(C)C(=O)/C=C/c1cccc(Br)c1. The van der Waals surface area contributed by atoms with Crippen LogP contribution in [0.5, 0.6) is 0 Å². The highest BCUT2D eigenvalue weighted by atomic mass is 79.9. The number of hydrogen-bond donors (Lipinski definition) is 0. The molecule has 0 N–H and O–H groups in total. The van der Waals surface area contributed by atoms with E-state index < -0.39 is 0 Å². The summed E-state index contributed by atoms with van der Waals surface area (Å²) in [5.74, 6) is -0.0401. The van der Waals surface area contributed by atoms with E-state index in [-0.39, 0.29) is 11.9 Å². The molecule has 1 amide bonds. The first kappa shape index (κ1) is 16.9. The Morgan fingerprint density at radius 1 is 1.25 bits per heavy atom. The summed E-state index contributed by atoms with van der Waals surface area (Å²) < 4.78 is 2.14. The number of likely N-dealkylation sites (N-methyl/N-ethyl adjacent to an activating group) is 1. The van der Waals surface area contributed by atoms with E-state index in [0.717, 1.165) is 25.3 Å². The second kappa shape index (κ2) is 7.28. The van der Waals surface area contributed by atoms with Crippen molar-refractivity contribution in [2.75, 3.05) is 7.05 Å². The first-order valence-corrected chi connectivity index (χ1v) is 9.21. The van der Waals surface area contributed by atoms with Crippen molar-refractivity contribution >= 4 is 49.5 Å². The number of para-hydroxylation sites is 1. The van der Waals surface area contributed by atoms with Crippen LogP contribution in [-0.4, -0.2) is 22.8 Å². The minimum absolute atomic E-state index is 0.0401. The normalized spacial score (nSPS) is 12.6. The van der Waals surface area contributed by atoms with Crippen LogP contribution in [0, 0.1) is 0 Å². The van der Waals surface area contributed by atoms with E-state index in [1.165, 1.54) is 0 Å². The molecule has 1 aromatic heterocycles. The smallest absolute Gasteiger partial charge is 0.246 e. The lowest BCUT2D eigenvalue weighted by atomic mass is 10.2. The third-order valence-electron chi connectivity index (χ3n) is 3.86. The van der Waals surface area contributed by atoms with Gasteiger partial charge >= 0.3 is 0 Å². The second-order valence-electron chi connectivity index (χ2n) is 5.53. The largest absolute Gasteiger partial charge is 0.333 e. The van der Waals surface area contributed by atoms with Gasteiger partial charge in [0.15, 0.2) is 0 Å². The van der Waals surface area contributed by atoms with Gasteiger partial charge in [-0.2, -0.15) is 0 Å². The fourth-order valence-corrected chi connectivity index (χ4v) is 3.80. The zero-order valence-electron chi connectivity index (χ0n) is 13.4. The van der Waals surface area contributed by atoms with Gasteiger partial charge in [-0.05, 0) is 42.8 Å². The van der Waals surface area contributed by atoms with Gasteiger partial charge in [0, 0.05) is 17.6 Å². The number of amides is 1. The molecule has 0 aliphatic rings. The zero-order valence-corrected chi connectivity index (χ0v) is 15.8. The van der Waals surface area contributed by atoms with E-state index in [0.29, 0.717) is 0 Å². The Kier molecular flexibility index (Phi) is 5.11. The lowest BCUT2D eigenvalue weighted by Crippen LogP contribution is -2.27. The summed E-state index contributed by atoms with van der Waals surface area (Å²) in [6, 6.07) is 15.8. The van der Waals surface area contributed by atoms with E-state index in [2.05, 4.69) is 27.0 Å². The molecule has 0 unspecified atom stereocenters. The first-order valence-electron chi connectivity index (χ1n) is 7.60. The average Bonchev–Trinajstić information content (AvgIpc) is 3.02. The van der Waals surface area contributed by atoms with Crippen LogP contribution in [0.2, 0.25) is 0 Å². The predicted octanol–water partition coefficient (Wildman–Crippen LogP) is 5.29. The number of nitrogens with zero attached hydrogens (tertiary/aromatic N) is 2. The average molecular weight is 401 g/mol. The topological polar surface area (TPSA) is 33.2 Å². The Morgan fingerprint density at radius 3 is 2.79 bits per heavy atom. The number of aromatic nitrogens is 1. The molecule has 3 nitrogen and oxygen atoms in total. The molecule has 5 heteroatoms. The van der Waals surface area contributed by atoms with Crippen molar-refractivity contribution < 1.29 is 4.79 Å². The molecule has 2 aromatic carbocycles. The molecule has 0 aliphatic heterocycles. The van der Waals surface area contributed by atoms with Crippen LogP contribution in [0.3, 0.4) is 0 Å². The molecule has 3 aromatic rings. The maximum Gasteiger partial charge on any atom is 0.246 e. The van der Waals surface area contributed by atoms with Crippen molar-refractivity contribution in [3.05, 3.63) is 69.7 Å². The summed E-state index contributed by atoms with van der Waals surface area (Å²) in [5.41, 5.74) is 1.97. The first-order chi connectivity index (χ1) is 11.5. The molecule has 0 saturated carbocycles. The maximum atomic E-state index is 12.4. The van der Waals surface area contributed by atoms with Crippen molar-refractivity contribution in [3.63, 3.8) is 0 Å². The van der Waals surface area contributed by atoms with Crippen LogP contribution in [0.4, 0.5) is 0 Å². The molecule has 3 rings (SSSR count). The number of halogens is 1. The second-order valence-corrected chi connectivity index (χ2v) is 7.51. The Morgan fingerprint density at radius 2 is 2.04 bits per heavy atom. The van der Waals surface area contributed by atoms with E-state index in [4.69, 9.17) is 0 Å². The Hall–Kier alpha value is -1.98. The van der Waals surface area contributed by atoms with Crippen LogP contribution in [0.15, 0.2) is 59.1 Å². The molecule has 122 valence electrons. The number of rotatable bonds is 4. The van der Waals surface area contributed by atoms with Gasteiger partial charge in [-0.25, -0.2) is 4.98 Å². The van der Waals surface area contributed by atoms with Crippen molar-refractivity contribution in [1.82, 2.24) is 9.88 Å². The van der Waals surface area contributed by atoms with E-state index in [9.17, 15) is 4.79 Å². The van der Waals surface area contributed by atoms with Crippen molar-refractivity contribution in [2.24, 2.45) is 0 Å². The molecular formula is C19H17BrN2OS. The lowest BCUT2D eigenvalue weighted by molar-refractivity contribution is -0.126. The molecule has 0 bridgehead atoms. The van der Waals surface area contributed by atoms with Gasteiger partial charge in [0.1, 0.15) is 5.01 Å². The molecule has 0 saturated heterocycles. The fourth-order valence-electron chi connectivity index (χ4n) is 2.32. The van der Waals surface area contributed by atoms with Crippen LogP contribution in [0.25, 0.3) is 16.3 Å². The van der Waals surface area contributed by atoms with Gasteiger partial charge in [-0.1, -0.05) is 40.2 Å². The van der Waals surface area contributed by atoms with Gasteiger partial charge in [-0.3, -0.25) is 4.79 Å². The standard InChI is InChI=1S/C19H17BrN2OS/c1-13(19-21-16-8-3-4-9-17(16)24-19)22(2)18(23)11-10-14-6-5-7-15(20)12-14/h3-13H,1-2H3/b11-10+/t13-/m1/s1. The maximum absolute atomic E-state index is 12.4. The number of carbonyl (C=O) groups excluding carboxylic acids is 1. The molecular weight excluding hydrogens is 384 g/mol. The predicted molar refractivity (Wildman–Crippen MR) is 104 cm³/mol. The number of fused-ring (bicyclic) bond motifs is 1. The molecule has 0 radical (unpaired) electrons. The highest BCUT2D eigenvalue weighted by Crippen LogP contribution is 2.28. The van der Waals surface area contributed by atoms with Crippen molar-refractivity contribution in [1.29, 1.82) is 0 Å². The highest BCUT2D eigenvalue weighted by Gasteiger charge is 2.19. The number of carbonyl (C=O) groups is 1. The summed E-state index contributed by atoms with van der Waals surface area (Å²) in [5, 5.41) is 0.947. The van der Waals surface area contributed by atoms with Crippen LogP contribution in [-0.2, 0) is 4.79 Å². The van der Waals surface area contributed by atoms with Gasteiger partial charge < -0.3 is 4.90 Å². The summed E-state index contributed by atoms with van der Waals surface area (Å²) >= 11 is 5.06. The third-order valence-corrected chi connectivity index (χ3v) is 5.56. The van der Waals surface area contributed by atoms with E-state index >= 15 is 0 Å². The number of hydrogen-bond acceptors (Lipinski definition) is 3. The quantitative estimate of drug-likeness (QED) is 0.557. The summed E-state index contributed by atoms with van der Waals surface area (Å²) in [6.07, 6.45) is 3.43. The van der Waals surface area contributed by atoms with Gasteiger partial charge in [0.2, 0.25) is 5.91 Å².